The van der Waals surface area contributed by atoms with Gasteiger partial charge < -0.3 is 0 Å². The van der Waals surface area contributed by atoms with Gasteiger partial charge in [0.05, 0.1) is 11.9 Å². The molecule has 20 heavy (non-hydrogen) atoms. The van der Waals surface area contributed by atoms with Crippen molar-refractivity contribution in [1.29, 1.82) is 0 Å². The van der Waals surface area contributed by atoms with Crippen LogP contribution in [-0.2, 0) is 0 Å². The van der Waals surface area contributed by atoms with Gasteiger partial charge in [0.1, 0.15) is 5.56 Å². The first-order valence-corrected chi connectivity index (χ1v) is 6.98. The van der Waals surface area contributed by atoms with E-state index in [1.54, 1.807) is 6.20 Å². The lowest BCUT2D eigenvalue weighted by Gasteiger charge is -2.11. The molecule has 0 unspecified atom stereocenters. The minimum absolute atomic E-state index is 0.214. The molecule has 1 aromatic rings. The second-order valence-corrected chi connectivity index (χ2v) is 5.71. The topological polar surface area (TPSA) is 33.0 Å². The Morgan fingerprint density at radius 1 is 1.50 bits per heavy atom. The van der Waals surface area contributed by atoms with Crippen molar-refractivity contribution in [3.8, 4) is 0 Å². The summed E-state index contributed by atoms with van der Waals surface area (Å²) in [4.78, 5) is 15.8. The van der Waals surface area contributed by atoms with Crippen molar-refractivity contribution in [2.45, 2.75) is 33.6 Å². The second kappa shape index (κ2) is 5.83. The molecule has 0 radical (unpaired) electrons. The number of carbonyl (C=O) groups excluding carboxylic acids is 1. The molecule has 5 heteroatoms. The molecule has 1 aliphatic rings. The number of rotatable bonds is 3. The van der Waals surface area contributed by atoms with E-state index in [1.807, 2.05) is 11.5 Å². The summed E-state index contributed by atoms with van der Waals surface area (Å²) >= 11 is 5.73. The Bertz CT molecular complexity index is 621. The number of halogens is 2. The lowest BCUT2D eigenvalue weighted by Crippen LogP contribution is -2.18. The zero-order valence-corrected chi connectivity index (χ0v) is 12.5. The molecule has 3 nitrogen and oxygen atoms in total. The molecule has 0 N–H and O–H groups in total. The first-order chi connectivity index (χ1) is 9.40. The van der Waals surface area contributed by atoms with Crippen LogP contribution in [0, 0.1) is 11.7 Å². The minimum Gasteiger partial charge on any atom is -0.289 e. The maximum Gasteiger partial charge on any atom is 0.340 e. The zero-order chi connectivity index (χ0) is 14.9. The van der Waals surface area contributed by atoms with Crippen LogP contribution in [0.1, 0.15) is 44.0 Å². The average molecular weight is 296 g/mol. The van der Waals surface area contributed by atoms with Crippen LogP contribution in [0.15, 0.2) is 18.3 Å². The highest BCUT2D eigenvalue weighted by atomic mass is 35.5. The number of fused-ring (bicyclic) bond motifs is 1. The van der Waals surface area contributed by atoms with Gasteiger partial charge in [-0.3, -0.25) is 4.79 Å². The Kier molecular flexibility index (Phi) is 4.33. The predicted octanol–water partition coefficient (Wildman–Crippen LogP) is 4.13. The third-order valence-corrected chi connectivity index (χ3v) is 3.54. The lowest BCUT2D eigenvalue weighted by atomic mass is 10.0. The number of hydrogen-bond donors (Lipinski definition) is 0. The predicted molar refractivity (Wildman–Crippen MR) is 77.3 cm³/mol. The van der Waals surface area contributed by atoms with E-state index in [-0.39, 0.29) is 16.5 Å². The molecule has 0 fully saturated rings. The Balaban J connectivity index is 2.48. The normalized spacial score (nSPS) is 16.6. The summed E-state index contributed by atoms with van der Waals surface area (Å²) in [7, 11) is 0. The molecule has 0 saturated carbocycles. The van der Waals surface area contributed by atoms with Crippen molar-refractivity contribution in [2.24, 2.45) is 5.92 Å². The number of ketones is 1. The van der Waals surface area contributed by atoms with Crippen molar-refractivity contribution in [1.82, 2.24) is 4.98 Å². The highest BCUT2D eigenvalue weighted by molar-refractivity contribution is 6.29. The fraction of sp³-hybridized carbons (Fsp3) is 0.400. The number of pyridine rings is 1. The van der Waals surface area contributed by atoms with E-state index >= 15 is 0 Å². The van der Waals surface area contributed by atoms with Gasteiger partial charge in [0.15, 0.2) is 11.6 Å². The quantitative estimate of drug-likeness (QED) is 0.620. The maximum atomic E-state index is 13.5. The van der Waals surface area contributed by atoms with Crippen LogP contribution in [0.5, 0.6) is 0 Å². The number of allylic oxidation sites excluding steroid dienone is 1. The molecule has 106 valence electrons. The molecule has 0 atom stereocenters. The van der Waals surface area contributed by atoms with E-state index < -0.39 is 5.82 Å². The van der Waals surface area contributed by atoms with Crippen LogP contribution in [0.3, 0.4) is 0 Å². The summed E-state index contributed by atoms with van der Waals surface area (Å²) in [5.74, 6) is 0.0690. The molecule has 2 heterocycles. The van der Waals surface area contributed by atoms with E-state index in [1.165, 1.54) is 6.08 Å². The standard InChI is InChI=1S/C15H17ClFN2O/c1-9(2)4-5-10(3)19-7-6-13(20)11-8-12(17)14(16)18-15(11)19/h6-9H,4-5H2,1-3H3/q+1/b19-10-. The van der Waals surface area contributed by atoms with Gasteiger partial charge in [-0.2, -0.15) is 0 Å². The molecule has 0 amide bonds. The first kappa shape index (κ1) is 14.9. The van der Waals surface area contributed by atoms with E-state index in [0.29, 0.717) is 11.7 Å². The molecule has 0 bridgehead atoms. The molecular formula is C15H17ClFN2O+. The lowest BCUT2D eigenvalue weighted by molar-refractivity contribution is -0.368. The second-order valence-electron chi connectivity index (χ2n) is 5.35. The smallest absolute Gasteiger partial charge is 0.289 e. The van der Waals surface area contributed by atoms with E-state index in [4.69, 9.17) is 11.6 Å². The molecule has 1 aromatic heterocycles. The summed E-state index contributed by atoms with van der Waals surface area (Å²) in [5.41, 5.74) is 1.30. The molecule has 2 rings (SSSR count). The average Bonchev–Trinajstić information content (AvgIpc) is 2.39. The van der Waals surface area contributed by atoms with Gasteiger partial charge in [-0.15, -0.1) is 0 Å². The summed E-state index contributed by atoms with van der Waals surface area (Å²) in [6.45, 7) is 6.29. The van der Waals surface area contributed by atoms with Gasteiger partial charge >= 0.3 is 5.82 Å². The third-order valence-electron chi connectivity index (χ3n) is 3.28. The van der Waals surface area contributed by atoms with Gasteiger partial charge in [0.2, 0.25) is 0 Å². The van der Waals surface area contributed by atoms with Crippen molar-refractivity contribution in [3.05, 3.63) is 34.9 Å². The molecule has 0 saturated heterocycles. The summed E-state index contributed by atoms with van der Waals surface area (Å²) < 4.78 is 15.3. The van der Waals surface area contributed by atoms with Crippen LogP contribution < -0.4 is 0 Å². The van der Waals surface area contributed by atoms with Crippen LogP contribution in [0.4, 0.5) is 10.2 Å². The van der Waals surface area contributed by atoms with Crippen molar-refractivity contribution >= 4 is 28.9 Å². The number of carbonyl (C=O) groups is 1. The van der Waals surface area contributed by atoms with Crippen molar-refractivity contribution in [3.63, 3.8) is 0 Å². The highest BCUT2D eigenvalue weighted by Crippen LogP contribution is 2.27. The minimum atomic E-state index is -0.672. The monoisotopic (exact) mass is 295 g/mol. The van der Waals surface area contributed by atoms with E-state index in [2.05, 4.69) is 18.8 Å². The van der Waals surface area contributed by atoms with Crippen molar-refractivity contribution < 1.29 is 13.8 Å². The Morgan fingerprint density at radius 3 is 2.85 bits per heavy atom. The van der Waals surface area contributed by atoms with Gasteiger partial charge in [0.25, 0.3) is 5.15 Å². The molecule has 1 aliphatic heterocycles. The van der Waals surface area contributed by atoms with Crippen LogP contribution in [0.2, 0.25) is 5.15 Å². The molecular weight excluding hydrogens is 279 g/mol. The van der Waals surface area contributed by atoms with Gasteiger partial charge in [-0.25, -0.2) is 8.97 Å². The summed E-state index contributed by atoms with van der Waals surface area (Å²) in [6, 6.07) is 1.15. The molecule has 0 spiro atoms. The zero-order valence-electron chi connectivity index (χ0n) is 11.8. The summed E-state index contributed by atoms with van der Waals surface area (Å²) in [5, 5.41) is -0.214. The number of hydrogen-bond acceptors (Lipinski definition) is 2. The fourth-order valence-corrected chi connectivity index (χ4v) is 2.19. The molecule has 0 aromatic carbocycles. The Hall–Kier alpha value is -1.55. The maximum absolute atomic E-state index is 13.5. The van der Waals surface area contributed by atoms with Crippen LogP contribution in [-0.4, -0.2) is 21.1 Å². The van der Waals surface area contributed by atoms with Gasteiger partial charge in [-0.05, 0) is 41.9 Å². The van der Waals surface area contributed by atoms with E-state index in [9.17, 15) is 9.18 Å². The van der Waals surface area contributed by atoms with Gasteiger partial charge in [0, 0.05) is 12.5 Å². The Morgan fingerprint density at radius 2 is 2.20 bits per heavy atom. The van der Waals surface area contributed by atoms with Crippen LogP contribution in [0.25, 0.3) is 0 Å². The largest absolute Gasteiger partial charge is 0.340 e. The third kappa shape index (κ3) is 2.96. The summed E-state index contributed by atoms with van der Waals surface area (Å²) in [6.07, 6.45) is 5.01. The fourth-order valence-electron chi connectivity index (χ4n) is 2.05. The van der Waals surface area contributed by atoms with Crippen LogP contribution >= 0.6 is 11.6 Å². The Labute approximate surface area is 122 Å². The number of nitrogens with zero attached hydrogens (tertiary/aromatic N) is 2. The number of aromatic nitrogens is 1. The highest BCUT2D eigenvalue weighted by Gasteiger charge is 2.29. The SMILES string of the molecule is C/C(CCC(C)C)=[N+]1\C=CC(=O)c2cc(F)c(Cl)nc21. The van der Waals surface area contributed by atoms with Gasteiger partial charge in [-0.1, -0.05) is 13.8 Å². The van der Waals surface area contributed by atoms with Crippen molar-refractivity contribution in [2.75, 3.05) is 0 Å². The van der Waals surface area contributed by atoms with E-state index in [0.717, 1.165) is 24.6 Å². The first-order valence-electron chi connectivity index (χ1n) is 6.60. The molecule has 0 aliphatic carbocycles.